The molecule has 2 heteroatoms. The van der Waals surface area contributed by atoms with Crippen molar-refractivity contribution < 1.29 is 9.13 Å². The first-order chi connectivity index (χ1) is 7.78. The molecule has 0 amide bonds. The minimum Gasteiger partial charge on any atom is -0.493 e. The van der Waals surface area contributed by atoms with Crippen LogP contribution < -0.4 is 4.74 Å². The summed E-state index contributed by atoms with van der Waals surface area (Å²) in [5, 5.41) is 0. The first-order valence-corrected chi connectivity index (χ1v) is 5.75. The maximum atomic E-state index is 12.2. The average molecular weight is 220 g/mol. The maximum absolute atomic E-state index is 12.2. The third kappa shape index (κ3) is 3.37. The smallest absolute Gasteiger partial charge is 0.119 e. The zero-order chi connectivity index (χ0) is 11.4. The molecule has 0 saturated heterocycles. The number of rotatable bonds is 5. The zero-order valence-electron chi connectivity index (χ0n) is 9.58. The molecule has 1 aromatic rings. The molecule has 1 saturated carbocycles. The fourth-order valence-electron chi connectivity index (χ4n) is 1.60. The molecule has 0 unspecified atom stereocenters. The quantitative estimate of drug-likeness (QED) is 0.731. The second-order valence-corrected chi connectivity index (χ2v) is 4.53. The molecular formula is C14H17FO. The van der Waals surface area contributed by atoms with Gasteiger partial charge in [0.25, 0.3) is 0 Å². The van der Waals surface area contributed by atoms with Crippen molar-refractivity contribution in [3.05, 3.63) is 41.7 Å². The third-order valence-electron chi connectivity index (χ3n) is 2.75. The van der Waals surface area contributed by atoms with Gasteiger partial charge in [0.15, 0.2) is 0 Å². The van der Waals surface area contributed by atoms with Crippen molar-refractivity contribution in [2.75, 3.05) is 6.61 Å². The van der Waals surface area contributed by atoms with Crippen LogP contribution in [-0.2, 0) is 6.42 Å². The van der Waals surface area contributed by atoms with E-state index in [0.717, 1.165) is 29.4 Å². The summed E-state index contributed by atoms with van der Waals surface area (Å²) >= 11 is 0. The second-order valence-electron chi connectivity index (χ2n) is 4.53. The van der Waals surface area contributed by atoms with Crippen LogP contribution in [0.15, 0.2) is 36.2 Å². The van der Waals surface area contributed by atoms with E-state index in [1.807, 2.05) is 24.3 Å². The van der Waals surface area contributed by atoms with Gasteiger partial charge in [-0.3, -0.25) is 0 Å². The summed E-state index contributed by atoms with van der Waals surface area (Å²) in [5.41, 5.74) is 1.83. The minimum absolute atomic E-state index is 0.650. The van der Waals surface area contributed by atoms with Crippen molar-refractivity contribution in [3.8, 4) is 5.75 Å². The lowest BCUT2D eigenvalue weighted by Crippen LogP contribution is -1.99. The van der Waals surface area contributed by atoms with E-state index >= 15 is 0 Å². The molecule has 1 nitrogen and oxygen atoms in total. The van der Waals surface area contributed by atoms with Crippen LogP contribution in [0.4, 0.5) is 4.39 Å². The van der Waals surface area contributed by atoms with Crippen LogP contribution in [-0.4, -0.2) is 6.61 Å². The summed E-state index contributed by atoms with van der Waals surface area (Å²) in [6, 6.07) is 7.91. The highest BCUT2D eigenvalue weighted by atomic mass is 19.1. The predicted molar refractivity (Wildman–Crippen MR) is 63.2 cm³/mol. The molecule has 1 aliphatic rings. The molecule has 0 atom stereocenters. The Hall–Kier alpha value is -1.31. The molecule has 0 heterocycles. The Bertz CT molecular complexity index is 380. The standard InChI is InChI=1S/C14H17FO/c1-11(9-15)7-13-3-2-4-14(8-13)16-10-12-5-6-12/h2-4,8-9,12H,5-7,10H2,1H3/b11-9+. The molecule has 0 bridgehead atoms. The molecule has 0 spiro atoms. The number of hydrogen-bond donors (Lipinski definition) is 0. The van der Waals surface area contributed by atoms with E-state index in [1.54, 1.807) is 6.92 Å². The summed E-state index contributed by atoms with van der Waals surface area (Å²) in [6.45, 7) is 2.61. The van der Waals surface area contributed by atoms with Crippen molar-refractivity contribution in [1.82, 2.24) is 0 Å². The highest BCUT2D eigenvalue weighted by Gasteiger charge is 2.21. The lowest BCUT2D eigenvalue weighted by molar-refractivity contribution is 0.299. The van der Waals surface area contributed by atoms with Crippen molar-refractivity contribution in [2.24, 2.45) is 5.92 Å². The molecule has 16 heavy (non-hydrogen) atoms. The largest absolute Gasteiger partial charge is 0.493 e. The van der Waals surface area contributed by atoms with Gasteiger partial charge in [0, 0.05) is 0 Å². The van der Waals surface area contributed by atoms with Gasteiger partial charge in [0.1, 0.15) is 5.75 Å². The normalized spacial score (nSPS) is 16.2. The van der Waals surface area contributed by atoms with E-state index in [2.05, 4.69) is 0 Å². The maximum Gasteiger partial charge on any atom is 0.119 e. The topological polar surface area (TPSA) is 9.23 Å². The second kappa shape index (κ2) is 5.15. The van der Waals surface area contributed by atoms with Crippen LogP contribution >= 0.6 is 0 Å². The van der Waals surface area contributed by atoms with Gasteiger partial charge in [-0.1, -0.05) is 12.1 Å². The van der Waals surface area contributed by atoms with Crippen LogP contribution in [0.5, 0.6) is 5.75 Å². The van der Waals surface area contributed by atoms with E-state index in [9.17, 15) is 4.39 Å². The van der Waals surface area contributed by atoms with Gasteiger partial charge in [0.05, 0.1) is 12.9 Å². The van der Waals surface area contributed by atoms with E-state index in [1.165, 1.54) is 12.8 Å². The van der Waals surface area contributed by atoms with Crippen molar-refractivity contribution >= 4 is 0 Å². The van der Waals surface area contributed by atoms with Gasteiger partial charge in [-0.05, 0) is 55.4 Å². The number of ether oxygens (including phenoxy) is 1. The summed E-state index contributed by atoms with van der Waals surface area (Å²) in [4.78, 5) is 0. The fraction of sp³-hybridized carbons (Fsp3) is 0.429. The monoisotopic (exact) mass is 220 g/mol. The molecule has 1 aromatic carbocycles. The van der Waals surface area contributed by atoms with Crippen molar-refractivity contribution in [1.29, 1.82) is 0 Å². The Labute approximate surface area is 95.9 Å². The van der Waals surface area contributed by atoms with Gasteiger partial charge in [-0.25, -0.2) is 4.39 Å². The lowest BCUT2D eigenvalue weighted by atomic mass is 10.1. The molecule has 0 radical (unpaired) electrons. The Balaban J connectivity index is 1.94. The molecule has 0 N–H and O–H groups in total. The van der Waals surface area contributed by atoms with Crippen molar-refractivity contribution in [3.63, 3.8) is 0 Å². The van der Waals surface area contributed by atoms with Gasteiger partial charge in [-0.15, -0.1) is 0 Å². The minimum atomic E-state index is 0.650. The molecule has 0 aliphatic heterocycles. The Morgan fingerprint density at radius 2 is 2.31 bits per heavy atom. The van der Waals surface area contributed by atoms with Gasteiger partial charge in [-0.2, -0.15) is 0 Å². The van der Waals surface area contributed by atoms with Crippen molar-refractivity contribution in [2.45, 2.75) is 26.2 Å². The first-order valence-electron chi connectivity index (χ1n) is 5.75. The lowest BCUT2D eigenvalue weighted by Gasteiger charge is -2.07. The summed E-state index contributed by atoms with van der Waals surface area (Å²) < 4.78 is 17.9. The highest BCUT2D eigenvalue weighted by Crippen LogP contribution is 2.29. The summed E-state index contributed by atoms with van der Waals surface area (Å²) in [5.74, 6) is 1.66. The van der Waals surface area contributed by atoms with Crippen LogP contribution in [0.25, 0.3) is 0 Å². The molecule has 2 rings (SSSR count). The van der Waals surface area contributed by atoms with Gasteiger partial charge < -0.3 is 4.74 Å². The number of benzene rings is 1. The molecule has 1 aliphatic carbocycles. The third-order valence-corrected chi connectivity index (χ3v) is 2.75. The molecule has 86 valence electrons. The van der Waals surface area contributed by atoms with Gasteiger partial charge >= 0.3 is 0 Å². The Kier molecular flexibility index (Phi) is 3.60. The fourth-order valence-corrected chi connectivity index (χ4v) is 1.60. The molecule has 1 fully saturated rings. The SMILES string of the molecule is C/C(=C\F)Cc1cccc(OCC2CC2)c1. The van der Waals surface area contributed by atoms with E-state index in [-0.39, 0.29) is 0 Å². The zero-order valence-corrected chi connectivity index (χ0v) is 9.58. The van der Waals surface area contributed by atoms with E-state index in [0.29, 0.717) is 12.8 Å². The van der Waals surface area contributed by atoms with E-state index in [4.69, 9.17) is 4.74 Å². The Morgan fingerprint density at radius 3 is 3.00 bits per heavy atom. The summed E-state index contributed by atoms with van der Waals surface area (Å²) in [7, 11) is 0. The highest BCUT2D eigenvalue weighted by molar-refractivity contribution is 5.30. The predicted octanol–water partition coefficient (Wildman–Crippen LogP) is 3.89. The van der Waals surface area contributed by atoms with Crippen LogP contribution in [0.3, 0.4) is 0 Å². The van der Waals surface area contributed by atoms with E-state index < -0.39 is 0 Å². The van der Waals surface area contributed by atoms with Crippen LogP contribution in [0.2, 0.25) is 0 Å². The molecule has 0 aromatic heterocycles. The van der Waals surface area contributed by atoms with Crippen LogP contribution in [0.1, 0.15) is 25.3 Å². The van der Waals surface area contributed by atoms with Gasteiger partial charge in [0.2, 0.25) is 0 Å². The average Bonchev–Trinajstić information content (AvgIpc) is 3.10. The van der Waals surface area contributed by atoms with Crippen LogP contribution in [0, 0.1) is 5.92 Å². The first kappa shape index (κ1) is 11.2. The number of halogens is 1. The number of allylic oxidation sites excluding steroid dienone is 1. The summed E-state index contributed by atoms with van der Waals surface area (Å²) in [6.07, 6.45) is 3.90. The molecular weight excluding hydrogens is 203 g/mol. The number of hydrogen-bond acceptors (Lipinski definition) is 1. The Morgan fingerprint density at radius 1 is 1.50 bits per heavy atom.